The summed E-state index contributed by atoms with van der Waals surface area (Å²) < 4.78 is 88.0. The summed E-state index contributed by atoms with van der Waals surface area (Å²) in [5.74, 6) is -3.77. The van der Waals surface area contributed by atoms with Crippen LogP contribution in [0.2, 0.25) is 0 Å². The van der Waals surface area contributed by atoms with Gasteiger partial charge in [0.2, 0.25) is 0 Å². The summed E-state index contributed by atoms with van der Waals surface area (Å²) >= 11 is 0. The van der Waals surface area contributed by atoms with Crippen molar-refractivity contribution in [2.75, 3.05) is 0 Å². The topological polar surface area (TPSA) is 9.23 Å². The zero-order valence-electron chi connectivity index (χ0n) is 18.9. The third-order valence-electron chi connectivity index (χ3n) is 5.87. The van der Waals surface area contributed by atoms with Crippen LogP contribution in [0, 0.1) is 23.3 Å². The largest absolute Gasteiger partial charge is 0.432 e. The molecule has 4 aromatic carbocycles. The summed E-state index contributed by atoms with van der Waals surface area (Å²) in [6.07, 6.45) is 3.35. The van der Waals surface area contributed by atoms with Gasteiger partial charge in [0, 0.05) is 10.9 Å². The fraction of sp³-hybridized carbons (Fsp3) is 0.214. The third-order valence-corrected chi connectivity index (χ3v) is 5.87. The van der Waals surface area contributed by atoms with E-state index in [4.69, 9.17) is 0 Å². The monoisotopic (exact) mass is 488 g/mol. The molecule has 0 amide bonds. The van der Waals surface area contributed by atoms with Crippen LogP contribution < -0.4 is 4.74 Å². The number of alkyl halides is 2. The molecule has 4 rings (SSSR count). The first-order chi connectivity index (χ1) is 16.8. The number of hydrogen-bond donors (Lipinski definition) is 0. The van der Waals surface area contributed by atoms with Crippen molar-refractivity contribution in [3.63, 3.8) is 0 Å². The van der Waals surface area contributed by atoms with Crippen LogP contribution in [0.1, 0.15) is 31.7 Å². The minimum atomic E-state index is -3.17. The normalized spacial score (nSPS) is 11.4. The fourth-order valence-electron chi connectivity index (χ4n) is 4.16. The highest BCUT2D eigenvalue weighted by Gasteiger charge is 2.17. The summed E-state index contributed by atoms with van der Waals surface area (Å²) in [6.45, 7) is -1.12. The molecule has 0 aliphatic carbocycles. The molecule has 7 heteroatoms. The Morgan fingerprint density at radius 1 is 0.743 bits per heavy atom. The van der Waals surface area contributed by atoms with Crippen molar-refractivity contribution < 1.29 is 31.1 Å². The molecule has 0 saturated carbocycles. The number of benzene rings is 4. The van der Waals surface area contributed by atoms with Crippen LogP contribution in [0.25, 0.3) is 33.0 Å². The molecule has 35 heavy (non-hydrogen) atoms. The van der Waals surface area contributed by atoms with Crippen molar-refractivity contribution in [1.29, 1.82) is 0 Å². The number of hydrogen-bond acceptors (Lipinski definition) is 1. The lowest BCUT2D eigenvalue weighted by Gasteiger charge is -2.12. The molecule has 1 nitrogen and oxygen atoms in total. The van der Waals surface area contributed by atoms with Crippen molar-refractivity contribution in [2.24, 2.45) is 0 Å². The molecule has 0 spiro atoms. The van der Waals surface area contributed by atoms with Gasteiger partial charge in [-0.05, 0) is 65.3 Å². The second-order valence-electron chi connectivity index (χ2n) is 8.28. The van der Waals surface area contributed by atoms with Gasteiger partial charge in [-0.15, -0.1) is 0 Å². The highest BCUT2D eigenvalue weighted by atomic mass is 19.3. The van der Waals surface area contributed by atoms with Gasteiger partial charge in [-0.2, -0.15) is 8.78 Å². The molecule has 0 fully saturated rings. The molecule has 0 bridgehead atoms. The molecular formula is C28H22F6O. The summed E-state index contributed by atoms with van der Waals surface area (Å²) in [6, 6.07) is 13.2. The van der Waals surface area contributed by atoms with E-state index in [0.29, 0.717) is 22.9 Å². The number of fused-ring (bicyclic) bond motifs is 1. The van der Waals surface area contributed by atoms with Gasteiger partial charge in [-0.3, -0.25) is 0 Å². The average Bonchev–Trinajstić information content (AvgIpc) is 2.80. The quantitative estimate of drug-likeness (QED) is 0.178. The van der Waals surface area contributed by atoms with E-state index in [9.17, 15) is 22.0 Å². The minimum Gasteiger partial charge on any atom is -0.432 e. The second-order valence-corrected chi connectivity index (χ2v) is 8.28. The van der Waals surface area contributed by atoms with Gasteiger partial charge in [0.1, 0.15) is 17.5 Å². The number of halogens is 6. The average molecular weight is 488 g/mol. The lowest BCUT2D eigenvalue weighted by Crippen LogP contribution is -2.03. The smallest absolute Gasteiger partial charge is 0.387 e. The Morgan fingerprint density at radius 3 is 2.11 bits per heavy atom. The zero-order chi connectivity index (χ0) is 25.1. The van der Waals surface area contributed by atoms with E-state index < -0.39 is 35.6 Å². The van der Waals surface area contributed by atoms with E-state index in [1.54, 1.807) is 0 Å². The molecule has 182 valence electrons. The first-order valence-corrected chi connectivity index (χ1v) is 11.2. The van der Waals surface area contributed by atoms with Gasteiger partial charge in [-0.1, -0.05) is 50.1 Å². The first-order valence-electron chi connectivity index (χ1n) is 11.2. The van der Waals surface area contributed by atoms with Gasteiger partial charge in [0.05, 0.1) is 5.56 Å². The van der Waals surface area contributed by atoms with E-state index in [2.05, 4.69) is 4.74 Å². The van der Waals surface area contributed by atoms with Gasteiger partial charge in [0.25, 0.3) is 0 Å². The molecule has 0 heterocycles. The van der Waals surface area contributed by atoms with Crippen molar-refractivity contribution >= 4 is 10.8 Å². The SMILES string of the molecule is CCCCCc1cc(F)c(-c2ccc(-c3ccc4c(F)c(OC(F)F)ccc4c3)c(F)c2)c(F)c1. The van der Waals surface area contributed by atoms with E-state index in [0.717, 1.165) is 31.4 Å². The lowest BCUT2D eigenvalue weighted by atomic mass is 9.96. The number of aryl methyl sites for hydroxylation is 1. The van der Waals surface area contributed by atoms with E-state index in [-0.39, 0.29) is 22.1 Å². The molecule has 0 saturated heterocycles. The molecular weight excluding hydrogens is 466 g/mol. The molecule has 0 aliphatic heterocycles. The number of unbranched alkanes of at least 4 members (excludes halogenated alkanes) is 2. The Labute approximate surface area is 199 Å². The van der Waals surface area contributed by atoms with Gasteiger partial charge >= 0.3 is 6.61 Å². The van der Waals surface area contributed by atoms with Crippen LogP contribution in [-0.2, 0) is 6.42 Å². The van der Waals surface area contributed by atoms with Gasteiger partial charge in [-0.25, -0.2) is 17.6 Å². The number of rotatable bonds is 8. The van der Waals surface area contributed by atoms with Crippen LogP contribution in [0.3, 0.4) is 0 Å². The summed E-state index contributed by atoms with van der Waals surface area (Å²) in [5.41, 5.74) is 0.834. The highest BCUT2D eigenvalue weighted by Crippen LogP contribution is 2.34. The first kappa shape index (κ1) is 24.6. The van der Waals surface area contributed by atoms with Crippen LogP contribution in [-0.4, -0.2) is 6.61 Å². The van der Waals surface area contributed by atoms with E-state index >= 15 is 4.39 Å². The molecule has 0 aliphatic rings. The zero-order valence-corrected chi connectivity index (χ0v) is 18.9. The molecule has 0 atom stereocenters. The molecule has 0 aromatic heterocycles. The summed E-state index contributed by atoms with van der Waals surface area (Å²) in [7, 11) is 0. The Kier molecular flexibility index (Phi) is 7.34. The second kappa shape index (κ2) is 10.4. The molecule has 4 aromatic rings. The predicted octanol–water partition coefficient (Wildman–Crippen LogP) is 9.06. The van der Waals surface area contributed by atoms with Crippen molar-refractivity contribution in [2.45, 2.75) is 39.2 Å². The van der Waals surface area contributed by atoms with Crippen LogP contribution in [0.15, 0.2) is 60.7 Å². The summed E-state index contributed by atoms with van der Waals surface area (Å²) in [5, 5.41) is 0.382. The standard InChI is InChI=1S/C28H22F6O/c1-2-3-4-5-16-12-23(30)26(24(31)13-16)19-7-9-20(22(29)15-19)17-6-10-21-18(14-17)8-11-25(27(21)32)35-28(33)34/h6-15,28H,2-5H2,1H3. The molecule has 0 radical (unpaired) electrons. The van der Waals surface area contributed by atoms with Crippen LogP contribution in [0.5, 0.6) is 5.75 Å². The third kappa shape index (κ3) is 5.29. The van der Waals surface area contributed by atoms with Crippen molar-refractivity contribution in [3.05, 3.63) is 89.5 Å². The summed E-state index contributed by atoms with van der Waals surface area (Å²) in [4.78, 5) is 0. The van der Waals surface area contributed by atoms with E-state index in [1.807, 2.05) is 6.92 Å². The molecule has 0 N–H and O–H groups in total. The maximum absolute atomic E-state index is 15.0. The van der Waals surface area contributed by atoms with E-state index in [1.165, 1.54) is 48.5 Å². The minimum absolute atomic E-state index is 0.0343. The maximum atomic E-state index is 15.0. The van der Waals surface area contributed by atoms with Crippen LogP contribution >= 0.6 is 0 Å². The van der Waals surface area contributed by atoms with Crippen molar-refractivity contribution in [1.82, 2.24) is 0 Å². The van der Waals surface area contributed by atoms with Gasteiger partial charge in [0.15, 0.2) is 11.6 Å². The lowest BCUT2D eigenvalue weighted by molar-refractivity contribution is -0.0520. The fourth-order valence-corrected chi connectivity index (χ4v) is 4.16. The molecule has 0 unspecified atom stereocenters. The predicted molar refractivity (Wildman–Crippen MR) is 125 cm³/mol. The highest BCUT2D eigenvalue weighted by molar-refractivity contribution is 5.89. The Balaban J connectivity index is 1.65. The van der Waals surface area contributed by atoms with Crippen molar-refractivity contribution in [3.8, 4) is 28.0 Å². The Bertz CT molecular complexity index is 1340. The Hall–Kier alpha value is -3.48. The maximum Gasteiger partial charge on any atom is 0.387 e. The Morgan fingerprint density at radius 2 is 1.46 bits per heavy atom. The van der Waals surface area contributed by atoms with Crippen LogP contribution in [0.4, 0.5) is 26.3 Å². The van der Waals surface area contributed by atoms with Gasteiger partial charge < -0.3 is 4.74 Å². The number of ether oxygens (including phenoxy) is 1.